The zero-order valence-corrected chi connectivity index (χ0v) is 9.09. The van der Waals surface area contributed by atoms with E-state index < -0.39 is 0 Å². The molecule has 0 aliphatic carbocycles. The van der Waals surface area contributed by atoms with Crippen molar-refractivity contribution in [3.05, 3.63) is 18.2 Å². The van der Waals surface area contributed by atoms with Crippen LogP contribution in [0, 0.1) is 0 Å². The summed E-state index contributed by atoms with van der Waals surface area (Å²) in [5.74, 6) is 0.670. The minimum Gasteiger partial charge on any atom is -0.504 e. The van der Waals surface area contributed by atoms with Gasteiger partial charge in [-0.3, -0.25) is 0 Å². The average molecular weight is 195 g/mol. The van der Waals surface area contributed by atoms with Crippen LogP contribution >= 0.6 is 0 Å². The second-order valence-corrected chi connectivity index (χ2v) is 4.15. The number of rotatable bonds is 2. The Morgan fingerprint density at radius 2 is 1.93 bits per heavy atom. The predicted octanol–water partition coefficient (Wildman–Crippen LogP) is 2.61. The molecule has 0 amide bonds. The molecule has 0 atom stereocenters. The number of hydrogen-bond donors (Lipinski definition) is 2. The molecule has 0 aliphatic heterocycles. The van der Waals surface area contributed by atoms with Gasteiger partial charge in [0.1, 0.15) is 5.60 Å². The lowest BCUT2D eigenvalue weighted by atomic mass is 10.2. The highest BCUT2D eigenvalue weighted by atomic mass is 16.5. The molecule has 2 N–H and O–H groups in total. The number of aromatic hydroxyl groups is 1. The number of benzene rings is 1. The van der Waals surface area contributed by atoms with Gasteiger partial charge < -0.3 is 15.2 Å². The Morgan fingerprint density at radius 3 is 2.36 bits per heavy atom. The van der Waals surface area contributed by atoms with Crippen LogP contribution in [0.25, 0.3) is 0 Å². The first kappa shape index (κ1) is 10.7. The molecule has 0 heterocycles. The summed E-state index contributed by atoms with van der Waals surface area (Å²) in [6, 6.07) is 5.26. The molecule has 0 spiro atoms. The van der Waals surface area contributed by atoms with Crippen molar-refractivity contribution in [1.82, 2.24) is 0 Å². The van der Waals surface area contributed by atoms with Gasteiger partial charge in [-0.05, 0) is 32.9 Å². The molecule has 0 saturated carbocycles. The van der Waals surface area contributed by atoms with Crippen molar-refractivity contribution in [2.75, 3.05) is 12.4 Å². The van der Waals surface area contributed by atoms with Crippen LogP contribution in [-0.4, -0.2) is 17.8 Å². The van der Waals surface area contributed by atoms with E-state index in [1.54, 1.807) is 19.2 Å². The lowest BCUT2D eigenvalue weighted by molar-refractivity contribution is 0.126. The third-order valence-electron chi connectivity index (χ3n) is 1.66. The van der Waals surface area contributed by atoms with Crippen LogP contribution < -0.4 is 10.1 Å². The number of hydrogen-bond acceptors (Lipinski definition) is 3. The summed E-state index contributed by atoms with van der Waals surface area (Å²) in [4.78, 5) is 0. The highest BCUT2D eigenvalue weighted by Crippen LogP contribution is 2.31. The molecule has 1 aromatic carbocycles. The van der Waals surface area contributed by atoms with Crippen molar-refractivity contribution < 1.29 is 9.84 Å². The second kappa shape index (κ2) is 3.78. The Bertz CT molecular complexity index is 316. The van der Waals surface area contributed by atoms with E-state index in [0.29, 0.717) is 5.75 Å². The van der Waals surface area contributed by atoms with Crippen molar-refractivity contribution in [2.24, 2.45) is 0 Å². The molecule has 0 unspecified atom stereocenters. The van der Waals surface area contributed by atoms with E-state index in [4.69, 9.17) is 4.74 Å². The van der Waals surface area contributed by atoms with Crippen molar-refractivity contribution in [1.29, 1.82) is 0 Å². The van der Waals surface area contributed by atoms with Crippen molar-refractivity contribution in [3.8, 4) is 11.5 Å². The number of phenols is 1. The fourth-order valence-electron chi connectivity index (χ4n) is 1.09. The quantitative estimate of drug-likeness (QED) is 0.762. The smallest absolute Gasteiger partial charge is 0.161 e. The summed E-state index contributed by atoms with van der Waals surface area (Å²) in [5, 5.41) is 12.6. The molecule has 0 fully saturated rings. The number of phenolic OH excluding ortho intramolecular Hbond substituents is 1. The van der Waals surface area contributed by atoms with Gasteiger partial charge in [0.05, 0.1) is 0 Å². The summed E-state index contributed by atoms with van der Waals surface area (Å²) in [7, 11) is 1.80. The van der Waals surface area contributed by atoms with E-state index in [9.17, 15) is 5.11 Å². The molecule has 78 valence electrons. The Balaban J connectivity index is 2.89. The van der Waals surface area contributed by atoms with E-state index in [1.807, 2.05) is 26.8 Å². The SMILES string of the molecule is CNc1ccc(OC(C)(C)C)c(O)c1. The fourth-order valence-corrected chi connectivity index (χ4v) is 1.09. The Hall–Kier alpha value is -1.38. The molecular weight excluding hydrogens is 178 g/mol. The fraction of sp³-hybridized carbons (Fsp3) is 0.455. The first-order valence-corrected chi connectivity index (χ1v) is 4.62. The summed E-state index contributed by atoms with van der Waals surface area (Å²) < 4.78 is 5.55. The highest BCUT2D eigenvalue weighted by Gasteiger charge is 2.14. The van der Waals surface area contributed by atoms with Crippen molar-refractivity contribution in [3.63, 3.8) is 0 Å². The average Bonchev–Trinajstić information content (AvgIpc) is 2.06. The van der Waals surface area contributed by atoms with Crippen LogP contribution in [0.5, 0.6) is 11.5 Å². The molecule has 14 heavy (non-hydrogen) atoms. The molecule has 3 heteroatoms. The van der Waals surface area contributed by atoms with Gasteiger partial charge in [-0.2, -0.15) is 0 Å². The van der Waals surface area contributed by atoms with Crippen molar-refractivity contribution in [2.45, 2.75) is 26.4 Å². The zero-order chi connectivity index (χ0) is 10.8. The van der Waals surface area contributed by atoms with Gasteiger partial charge in [-0.15, -0.1) is 0 Å². The molecule has 1 aromatic rings. The molecular formula is C11H17NO2. The summed E-state index contributed by atoms with van der Waals surface area (Å²) in [6.07, 6.45) is 0. The van der Waals surface area contributed by atoms with E-state index in [1.165, 1.54) is 0 Å². The highest BCUT2D eigenvalue weighted by molar-refractivity contribution is 5.53. The van der Waals surface area contributed by atoms with Gasteiger partial charge >= 0.3 is 0 Å². The topological polar surface area (TPSA) is 41.5 Å². The maximum absolute atomic E-state index is 9.62. The van der Waals surface area contributed by atoms with Gasteiger partial charge in [0.15, 0.2) is 11.5 Å². The lowest BCUT2D eigenvalue weighted by Gasteiger charge is -2.22. The van der Waals surface area contributed by atoms with Crippen LogP contribution in [0.4, 0.5) is 5.69 Å². The summed E-state index contributed by atoms with van der Waals surface area (Å²) in [5.41, 5.74) is 0.572. The summed E-state index contributed by atoms with van der Waals surface area (Å²) >= 11 is 0. The predicted molar refractivity (Wildman–Crippen MR) is 58.0 cm³/mol. The normalized spacial score (nSPS) is 11.1. The lowest BCUT2D eigenvalue weighted by Crippen LogP contribution is -2.22. The molecule has 0 bridgehead atoms. The molecule has 3 nitrogen and oxygen atoms in total. The van der Waals surface area contributed by atoms with E-state index in [0.717, 1.165) is 5.69 Å². The van der Waals surface area contributed by atoms with Gasteiger partial charge in [0.25, 0.3) is 0 Å². The number of ether oxygens (including phenoxy) is 1. The molecule has 0 saturated heterocycles. The number of anilines is 1. The standard InChI is InChI=1S/C11H17NO2/c1-11(2,3)14-10-6-5-8(12-4)7-9(10)13/h5-7,12-13H,1-4H3. The third kappa shape index (κ3) is 2.83. The van der Waals surface area contributed by atoms with E-state index >= 15 is 0 Å². The minimum absolute atomic E-state index is 0.159. The van der Waals surface area contributed by atoms with Crippen LogP contribution in [0.2, 0.25) is 0 Å². The molecule has 0 radical (unpaired) electrons. The van der Waals surface area contributed by atoms with E-state index in [2.05, 4.69) is 5.32 Å². The van der Waals surface area contributed by atoms with Gasteiger partial charge in [-0.1, -0.05) is 0 Å². The Labute approximate surface area is 84.7 Å². The van der Waals surface area contributed by atoms with Gasteiger partial charge in [-0.25, -0.2) is 0 Å². The molecule has 1 rings (SSSR count). The summed E-state index contributed by atoms with van der Waals surface area (Å²) in [6.45, 7) is 5.83. The zero-order valence-electron chi connectivity index (χ0n) is 9.09. The van der Waals surface area contributed by atoms with Crippen LogP contribution in [0.15, 0.2) is 18.2 Å². The number of nitrogens with one attached hydrogen (secondary N) is 1. The molecule has 0 aliphatic rings. The Kier molecular flexibility index (Phi) is 2.89. The third-order valence-corrected chi connectivity index (χ3v) is 1.66. The van der Waals surface area contributed by atoms with Crippen LogP contribution in [-0.2, 0) is 0 Å². The van der Waals surface area contributed by atoms with Gasteiger partial charge in [0.2, 0.25) is 0 Å². The first-order chi connectivity index (χ1) is 6.42. The monoisotopic (exact) mass is 195 g/mol. The Morgan fingerprint density at radius 1 is 1.29 bits per heavy atom. The van der Waals surface area contributed by atoms with Gasteiger partial charge in [0, 0.05) is 18.8 Å². The molecule has 0 aromatic heterocycles. The minimum atomic E-state index is -0.293. The van der Waals surface area contributed by atoms with E-state index in [-0.39, 0.29) is 11.4 Å². The largest absolute Gasteiger partial charge is 0.504 e. The van der Waals surface area contributed by atoms with Crippen LogP contribution in [0.3, 0.4) is 0 Å². The van der Waals surface area contributed by atoms with Crippen LogP contribution in [0.1, 0.15) is 20.8 Å². The maximum Gasteiger partial charge on any atom is 0.161 e. The van der Waals surface area contributed by atoms with Crippen molar-refractivity contribution >= 4 is 5.69 Å². The second-order valence-electron chi connectivity index (χ2n) is 4.15. The first-order valence-electron chi connectivity index (χ1n) is 4.62. The maximum atomic E-state index is 9.62.